The number of alkyl halides is 3. The third-order valence-electron chi connectivity index (χ3n) is 3.71. The maximum absolute atomic E-state index is 13.0. The Morgan fingerprint density at radius 2 is 1.67 bits per heavy atom. The maximum Gasteiger partial charge on any atom is 0.471 e. The summed E-state index contributed by atoms with van der Waals surface area (Å²) in [6.07, 6.45) is -4.60. The molecule has 0 saturated carbocycles. The lowest BCUT2D eigenvalue weighted by Gasteiger charge is -2.30. The van der Waals surface area contributed by atoms with Gasteiger partial charge >= 0.3 is 12.1 Å². The van der Waals surface area contributed by atoms with E-state index in [2.05, 4.69) is 0 Å². The summed E-state index contributed by atoms with van der Waals surface area (Å²) in [6.45, 7) is 1.42. The molecule has 2 nitrogen and oxygen atoms in total. The van der Waals surface area contributed by atoms with Gasteiger partial charge in [0.1, 0.15) is 0 Å². The van der Waals surface area contributed by atoms with Crippen LogP contribution in [0.15, 0.2) is 54.6 Å². The standard InChI is InChI=1S/C18H17ClF3NO/c1-13(11-14-7-3-2-4-8-14)23(17(24)18(20,21)22)12-15-9-5-6-10-16(15)19/h2-10,13H,11-12H2,1H3. The SMILES string of the molecule is CC(Cc1ccccc1)N(Cc1ccccc1Cl)C(=O)C(F)(F)F. The van der Waals surface area contributed by atoms with Crippen molar-refractivity contribution in [3.05, 3.63) is 70.7 Å². The molecule has 24 heavy (non-hydrogen) atoms. The first kappa shape index (κ1) is 18.3. The second-order valence-electron chi connectivity index (χ2n) is 5.56. The third-order valence-corrected chi connectivity index (χ3v) is 4.08. The molecular weight excluding hydrogens is 339 g/mol. The first-order valence-electron chi connectivity index (χ1n) is 7.44. The monoisotopic (exact) mass is 355 g/mol. The largest absolute Gasteiger partial charge is 0.471 e. The molecule has 0 aliphatic heterocycles. The number of halogens is 4. The molecule has 2 rings (SSSR count). The minimum Gasteiger partial charge on any atom is -0.327 e. The number of rotatable bonds is 5. The zero-order chi connectivity index (χ0) is 17.7. The van der Waals surface area contributed by atoms with E-state index in [1.165, 1.54) is 0 Å². The smallest absolute Gasteiger partial charge is 0.327 e. The number of amides is 1. The lowest BCUT2D eigenvalue weighted by Crippen LogP contribution is -2.46. The minimum absolute atomic E-state index is 0.188. The van der Waals surface area contributed by atoms with E-state index in [4.69, 9.17) is 11.6 Å². The quantitative estimate of drug-likeness (QED) is 0.750. The molecular formula is C18H17ClF3NO. The van der Waals surface area contributed by atoms with Gasteiger partial charge in [-0.05, 0) is 30.5 Å². The fourth-order valence-electron chi connectivity index (χ4n) is 2.47. The number of carbonyl (C=O) groups is 1. The van der Waals surface area contributed by atoms with Gasteiger partial charge in [0.2, 0.25) is 0 Å². The Bertz CT molecular complexity index is 688. The summed E-state index contributed by atoms with van der Waals surface area (Å²) in [7, 11) is 0. The molecule has 0 heterocycles. The van der Waals surface area contributed by atoms with Crippen molar-refractivity contribution in [1.29, 1.82) is 0 Å². The van der Waals surface area contributed by atoms with Crippen LogP contribution in [0.5, 0.6) is 0 Å². The number of nitrogens with zero attached hydrogens (tertiary/aromatic N) is 1. The van der Waals surface area contributed by atoms with Gasteiger partial charge in [0.05, 0.1) is 0 Å². The van der Waals surface area contributed by atoms with Crippen molar-refractivity contribution in [3.8, 4) is 0 Å². The zero-order valence-electron chi connectivity index (χ0n) is 13.1. The van der Waals surface area contributed by atoms with Crippen LogP contribution in [-0.2, 0) is 17.8 Å². The van der Waals surface area contributed by atoms with Crippen molar-refractivity contribution in [3.63, 3.8) is 0 Å². The van der Waals surface area contributed by atoms with Crippen LogP contribution in [0.1, 0.15) is 18.1 Å². The first-order valence-corrected chi connectivity index (χ1v) is 7.82. The summed E-state index contributed by atoms with van der Waals surface area (Å²) in [5.41, 5.74) is 1.35. The Morgan fingerprint density at radius 1 is 1.08 bits per heavy atom. The Kier molecular flexibility index (Phi) is 5.89. The van der Waals surface area contributed by atoms with Gasteiger partial charge in [0.25, 0.3) is 0 Å². The fraction of sp³-hybridized carbons (Fsp3) is 0.278. The predicted molar refractivity (Wildman–Crippen MR) is 87.7 cm³/mol. The van der Waals surface area contributed by atoms with Gasteiger partial charge in [0, 0.05) is 17.6 Å². The average molecular weight is 356 g/mol. The Labute approximate surface area is 143 Å². The summed E-state index contributed by atoms with van der Waals surface area (Å²) in [4.78, 5) is 12.7. The highest BCUT2D eigenvalue weighted by atomic mass is 35.5. The first-order chi connectivity index (χ1) is 11.3. The number of hydrogen-bond acceptors (Lipinski definition) is 1. The van der Waals surface area contributed by atoms with Crippen molar-refractivity contribution in [2.45, 2.75) is 32.1 Å². The molecule has 0 aromatic heterocycles. The van der Waals surface area contributed by atoms with E-state index in [0.717, 1.165) is 10.5 Å². The second kappa shape index (κ2) is 7.71. The highest BCUT2D eigenvalue weighted by molar-refractivity contribution is 6.31. The number of benzene rings is 2. The van der Waals surface area contributed by atoms with Crippen LogP contribution in [0, 0.1) is 0 Å². The summed E-state index contributed by atoms with van der Waals surface area (Å²) < 4.78 is 38.9. The van der Waals surface area contributed by atoms with Crippen LogP contribution in [0.3, 0.4) is 0 Å². The molecule has 1 amide bonds. The van der Waals surface area contributed by atoms with Gasteiger partial charge in [-0.1, -0.05) is 60.1 Å². The molecule has 0 N–H and O–H groups in total. The molecule has 0 fully saturated rings. The van der Waals surface area contributed by atoms with Crippen LogP contribution >= 0.6 is 11.6 Å². The molecule has 128 valence electrons. The minimum atomic E-state index is -4.92. The topological polar surface area (TPSA) is 20.3 Å². The van der Waals surface area contributed by atoms with Crippen molar-refractivity contribution >= 4 is 17.5 Å². The van der Waals surface area contributed by atoms with E-state index < -0.39 is 18.1 Å². The van der Waals surface area contributed by atoms with E-state index >= 15 is 0 Å². The molecule has 0 bridgehead atoms. The summed E-state index contributed by atoms with van der Waals surface area (Å²) in [6, 6.07) is 15.1. The van der Waals surface area contributed by atoms with Gasteiger partial charge in [-0.25, -0.2) is 0 Å². The third kappa shape index (κ3) is 4.74. The molecule has 0 radical (unpaired) electrons. The molecule has 6 heteroatoms. The van der Waals surface area contributed by atoms with E-state index in [1.54, 1.807) is 31.2 Å². The van der Waals surface area contributed by atoms with Gasteiger partial charge in [-0.2, -0.15) is 13.2 Å². The van der Waals surface area contributed by atoms with E-state index in [9.17, 15) is 18.0 Å². The zero-order valence-corrected chi connectivity index (χ0v) is 13.8. The summed E-state index contributed by atoms with van der Waals surface area (Å²) in [5.74, 6) is -1.86. The van der Waals surface area contributed by atoms with Crippen molar-refractivity contribution in [2.75, 3.05) is 0 Å². The summed E-state index contributed by atoms with van der Waals surface area (Å²) >= 11 is 6.03. The van der Waals surface area contributed by atoms with Crippen molar-refractivity contribution < 1.29 is 18.0 Å². The fourth-order valence-corrected chi connectivity index (χ4v) is 2.66. The van der Waals surface area contributed by atoms with Crippen molar-refractivity contribution in [1.82, 2.24) is 4.90 Å². The lowest BCUT2D eigenvalue weighted by molar-refractivity contribution is -0.188. The molecule has 0 aliphatic carbocycles. The van der Waals surface area contributed by atoms with Crippen LogP contribution < -0.4 is 0 Å². The molecule has 0 spiro atoms. The van der Waals surface area contributed by atoms with E-state index in [1.807, 2.05) is 30.3 Å². The predicted octanol–water partition coefficient (Wildman–Crippen LogP) is 4.86. The molecule has 2 aromatic rings. The van der Waals surface area contributed by atoms with Crippen LogP contribution in [0.2, 0.25) is 5.02 Å². The van der Waals surface area contributed by atoms with Gasteiger partial charge < -0.3 is 4.90 Å². The van der Waals surface area contributed by atoms with E-state index in [0.29, 0.717) is 17.0 Å². The van der Waals surface area contributed by atoms with Crippen LogP contribution in [0.25, 0.3) is 0 Å². The van der Waals surface area contributed by atoms with Gasteiger partial charge in [0.15, 0.2) is 0 Å². The molecule has 0 aliphatic rings. The Morgan fingerprint density at radius 3 is 2.25 bits per heavy atom. The normalized spacial score (nSPS) is 12.7. The molecule has 0 saturated heterocycles. The van der Waals surface area contributed by atoms with Crippen LogP contribution in [0.4, 0.5) is 13.2 Å². The lowest BCUT2D eigenvalue weighted by atomic mass is 10.0. The molecule has 2 aromatic carbocycles. The van der Waals surface area contributed by atoms with Gasteiger partial charge in [-0.15, -0.1) is 0 Å². The number of hydrogen-bond donors (Lipinski definition) is 0. The van der Waals surface area contributed by atoms with E-state index in [-0.39, 0.29) is 6.54 Å². The highest BCUT2D eigenvalue weighted by Crippen LogP contribution is 2.25. The molecule has 1 atom stereocenters. The number of carbonyl (C=O) groups excluding carboxylic acids is 1. The Balaban J connectivity index is 2.25. The van der Waals surface area contributed by atoms with Crippen LogP contribution in [-0.4, -0.2) is 23.0 Å². The van der Waals surface area contributed by atoms with Gasteiger partial charge in [-0.3, -0.25) is 4.79 Å². The Hall–Kier alpha value is -2.01. The molecule has 1 unspecified atom stereocenters. The summed E-state index contributed by atoms with van der Waals surface area (Å²) in [5, 5.41) is 0.337. The second-order valence-corrected chi connectivity index (χ2v) is 5.97. The average Bonchev–Trinajstić information content (AvgIpc) is 2.53. The van der Waals surface area contributed by atoms with Crippen molar-refractivity contribution in [2.24, 2.45) is 0 Å². The highest BCUT2D eigenvalue weighted by Gasteiger charge is 2.43. The maximum atomic E-state index is 13.0.